The third-order valence-corrected chi connectivity index (χ3v) is 4.95. The number of rotatable bonds is 2. The molecule has 0 aromatic carbocycles. The number of ether oxygens (including phenoxy) is 1. The van der Waals surface area contributed by atoms with Crippen LogP contribution in [0.1, 0.15) is 50.3 Å². The van der Waals surface area contributed by atoms with Gasteiger partial charge in [-0.1, -0.05) is 12.8 Å². The van der Waals surface area contributed by atoms with Gasteiger partial charge in [0, 0.05) is 12.0 Å². The van der Waals surface area contributed by atoms with Gasteiger partial charge in [0.1, 0.15) is 0 Å². The highest BCUT2D eigenvalue weighted by Crippen LogP contribution is 2.44. The number of aromatic nitrogens is 1. The van der Waals surface area contributed by atoms with E-state index in [0.717, 1.165) is 25.1 Å². The van der Waals surface area contributed by atoms with Crippen molar-refractivity contribution in [2.45, 2.75) is 50.2 Å². The first-order valence-electron chi connectivity index (χ1n) is 6.57. The molecule has 4 heteroatoms. The van der Waals surface area contributed by atoms with Gasteiger partial charge in [-0.2, -0.15) is 0 Å². The van der Waals surface area contributed by atoms with Crippen LogP contribution in [0.25, 0.3) is 0 Å². The van der Waals surface area contributed by atoms with Crippen LogP contribution in [0.2, 0.25) is 0 Å². The van der Waals surface area contributed by atoms with Crippen LogP contribution < -0.4 is 5.73 Å². The Morgan fingerprint density at radius 1 is 1.47 bits per heavy atom. The molecule has 0 amide bonds. The van der Waals surface area contributed by atoms with E-state index in [1.54, 1.807) is 11.3 Å². The molecule has 2 N–H and O–H groups in total. The van der Waals surface area contributed by atoms with Crippen LogP contribution in [-0.4, -0.2) is 17.2 Å². The zero-order valence-electron chi connectivity index (χ0n) is 10.1. The highest BCUT2D eigenvalue weighted by molar-refractivity contribution is 7.07. The minimum absolute atomic E-state index is 0.0997. The van der Waals surface area contributed by atoms with E-state index < -0.39 is 0 Å². The predicted octanol–water partition coefficient (Wildman–Crippen LogP) is 2.88. The van der Waals surface area contributed by atoms with E-state index in [9.17, 15) is 0 Å². The van der Waals surface area contributed by atoms with Gasteiger partial charge in [-0.05, 0) is 31.6 Å². The number of nitrogens with two attached hydrogens (primary N) is 1. The molecule has 2 heterocycles. The summed E-state index contributed by atoms with van der Waals surface area (Å²) in [6.07, 6.45) is 7.31. The lowest BCUT2D eigenvalue weighted by atomic mass is 9.80. The Labute approximate surface area is 106 Å². The molecule has 2 unspecified atom stereocenters. The van der Waals surface area contributed by atoms with Crippen molar-refractivity contribution in [2.24, 2.45) is 11.7 Å². The summed E-state index contributed by atoms with van der Waals surface area (Å²) in [5.74, 6) is 0.545. The van der Waals surface area contributed by atoms with Crippen LogP contribution in [0.15, 0.2) is 10.9 Å². The lowest BCUT2D eigenvalue weighted by molar-refractivity contribution is -0.0965. The van der Waals surface area contributed by atoms with Crippen molar-refractivity contribution in [3.8, 4) is 0 Å². The van der Waals surface area contributed by atoms with E-state index >= 15 is 0 Å². The summed E-state index contributed by atoms with van der Waals surface area (Å²) in [5, 5.41) is 2.08. The molecule has 17 heavy (non-hydrogen) atoms. The van der Waals surface area contributed by atoms with Crippen molar-refractivity contribution in [3.63, 3.8) is 0 Å². The number of hydrogen-bond acceptors (Lipinski definition) is 4. The molecule has 94 valence electrons. The van der Waals surface area contributed by atoms with Crippen LogP contribution in [-0.2, 0) is 4.74 Å². The highest BCUT2D eigenvalue weighted by Gasteiger charge is 2.41. The molecule has 1 saturated heterocycles. The maximum absolute atomic E-state index is 6.35. The number of thiazole rings is 1. The molecule has 1 aliphatic heterocycles. The normalized spacial score (nSPS) is 29.6. The number of hydrogen-bond donors (Lipinski definition) is 1. The lowest BCUT2D eigenvalue weighted by Crippen LogP contribution is -2.40. The van der Waals surface area contributed by atoms with E-state index in [1.165, 1.54) is 25.7 Å². The van der Waals surface area contributed by atoms with Gasteiger partial charge in [0.15, 0.2) is 0 Å². The molecule has 1 aromatic rings. The second-order valence-corrected chi connectivity index (χ2v) is 6.15. The number of nitrogens with zero attached hydrogens (tertiary/aromatic N) is 1. The van der Waals surface area contributed by atoms with Gasteiger partial charge in [-0.15, -0.1) is 11.3 Å². The summed E-state index contributed by atoms with van der Waals surface area (Å²) < 4.78 is 6.05. The minimum atomic E-state index is 0.0997. The molecule has 2 fully saturated rings. The van der Waals surface area contributed by atoms with Gasteiger partial charge < -0.3 is 10.5 Å². The largest absolute Gasteiger partial charge is 0.375 e. The monoisotopic (exact) mass is 252 g/mol. The van der Waals surface area contributed by atoms with E-state index in [1.807, 2.05) is 5.51 Å². The first-order chi connectivity index (χ1) is 8.29. The Kier molecular flexibility index (Phi) is 3.19. The van der Waals surface area contributed by atoms with Crippen molar-refractivity contribution in [2.75, 3.05) is 6.61 Å². The predicted molar refractivity (Wildman–Crippen MR) is 68.9 cm³/mol. The van der Waals surface area contributed by atoms with Crippen molar-refractivity contribution in [3.05, 3.63) is 16.6 Å². The Hall–Kier alpha value is -0.450. The van der Waals surface area contributed by atoms with E-state index in [4.69, 9.17) is 10.5 Å². The standard InChI is InChI=1S/C13H20N2OS/c14-12(11-8-17-9-15-11)10-3-6-16-13(7-10)4-1-2-5-13/h8-10,12H,1-7,14H2. The zero-order chi connectivity index (χ0) is 11.7. The summed E-state index contributed by atoms with van der Waals surface area (Å²) in [5.41, 5.74) is 9.46. The average Bonchev–Trinajstić information content (AvgIpc) is 3.00. The van der Waals surface area contributed by atoms with Crippen molar-refractivity contribution in [1.29, 1.82) is 0 Å². The summed E-state index contributed by atoms with van der Waals surface area (Å²) in [4.78, 5) is 4.36. The summed E-state index contributed by atoms with van der Waals surface area (Å²) >= 11 is 1.63. The van der Waals surface area contributed by atoms with Gasteiger partial charge in [0.25, 0.3) is 0 Å². The summed E-state index contributed by atoms with van der Waals surface area (Å²) in [6.45, 7) is 0.877. The topological polar surface area (TPSA) is 48.1 Å². The molecule has 1 spiro atoms. The Bertz CT molecular complexity index is 360. The molecule has 1 aliphatic carbocycles. The molecular weight excluding hydrogens is 232 g/mol. The molecule has 0 bridgehead atoms. The van der Waals surface area contributed by atoms with Crippen LogP contribution >= 0.6 is 11.3 Å². The fourth-order valence-corrected chi connectivity index (χ4v) is 3.97. The van der Waals surface area contributed by atoms with Crippen LogP contribution in [0, 0.1) is 5.92 Å². The maximum atomic E-state index is 6.35. The molecule has 1 saturated carbocycles. The van der Waals surface area contributed by atoms with Crippen molar-refractivity contribution in [1.82, 2.24) is 4.98 Å². The van der Waals surface area contributed by atoms with Crippen LogP contribution in [0.3, 0.4) is 0 Å². The third-order valence-electron chi connectivity index (χ3n) is 4.35. The molecule has 1 aromatic heterocycles. The Morgan fingerprint density at radius 3 is 3.00 bits per heavy atom. The smallest absolute Gasteiger partial charge is 0.0795 e. The molecular formula is C13H20N2OS. The second-order valence-electron chi connectivity index (χ2n) is 5.43. The SMILES string of the molecule is NC(c1cscn1)C1CCOC2(CCCC2)C1. The Balaban J connectivity index is 1.71. The highest BCUT2D eigenvalue weighted by atomic mass is 32.1. The molecule has 2 atom stereocenters. The Morgan fingerprint density at radius 2 is 2.29 bits per heavy atom. The molecule has 3 nitrogen and oxygen atoms in total. The summed E-state index contributed by atoms with van der Waals surface area (Å²) in [7, 11) is 0. The lowest BCUT2D eigenvalue weighted by Gasteiger charge is -2.40. The average molecular weight is 252 g/mol. The van der Waals surface area contributed by atoms with Gasteiger partial charge in [-0.25, -0.2) is 4.98 Å². The summed E-state index contributed by atoms with van der Waals surface area (Å²) in [6, 6.07) is 0.0997. The first-order valence-corrected chi connectivity index (χ1v) is 7.51. The third kappa shape index (κ3) is 2.26. The van der Waals surface area contributed by atoms with Gasteiger partial charge in [0.2, 0.25) is 0 Å². The van der Waals surface area contributed by atoms with Crippen molar-refractivity contribution < 1.29 is 4.74 Å². The molecule has 3 rings (SSSR count). The fourth-order valence-electron chi connectivity index (χ4n) is 3.37. The van der Waals surface area contributed by atoms with E-state index in [2.05, 4.69) is 10.4 Å². The zero-order valence-corrected chi connectivity index (χ0v) is 10.9. The first kappa shape index (κ1) is 11.6. The van der Waals surface area contributed by atoms with Crippen LogP contribution in [0.4, 0.5) is 0 Å². The van der Waals surface area contributed by atoms with Crippen molar-refractivity contribution >= 4 is 11.3 Å². The van der Waals surface area contributed by atoms with E-state index in [-0.39, 0.29) is 11.6 Å². The van der Waals surface area contributed by atoms with Gasteiger partial charge in [-0.3, -0.25) is 0 Å². The molecule has 0 radical (unpaired) electrons. The van der Waals surface area contributed by atoms with Gasteiger partial charge in [0.05, 0.1) is 22.8 Å². The second kappa shape index (κ2) is 4.67. The minimum Gasteiger partial charge on any atom is -0.375 e. The fraction of sp³-hybridized carbons (Fsp3) is 0.769. The van der Waals surface area contributed by atoms with Gasteiger partial charge >= 0.3 is 0 Å². The quantitative estimate of drug-likeness (QED) is 0.880. The van der Waals surface area contributed by atoms with Crippen LogP contribution in [0.5, 0.6) is 0 Å². The molecule has 2 aliphatic rings. The maximum Gasteiger partial charge on any atom is 0.0795 e. The van der Waals surface area contributed by atoms with E-state index in [0.29, 0.717) is 5.92 Å².